The molecule has 1 aliphatic heterocycles. The average molecular weight is 601 g/mol. The van der Waals surface area contributed by atoms with Crippen LogP contribution >= 0.6 is 12.2 Å². The lowest BCUT2D eigenvalue weighted by Crippen LogP contribution is -2.45. The van der Waals surface area contributed by atoms with Crippen LogP contribution in [0.4, 0.5) is 24.5 Å². The van der Waals surface area contributed by atoms with Crippen LogP contribution in [0.1, 0.15) is 24.1 Å². The lowest BCUT2D eigenvalue weighted by atomic mass is 9.94. The number of amides is 2. The van der Waals surface area contributed by atoms with E-state index in [0.717, 1.165) is 12.1 Å². The van der Waals surface area contributed by atoms with Crippen LogP contribution < -0.4 is 35.5 Å². The van der Waals surface area contributed by atoms with Crippen LogP contribution in [0.2, 0.25) is 0 Å². The number of thiocarbonyl (C=S) groups is 1. The molecule has 3 aromatic carbocycles. The third-order valence-corrected chi connectivity index (χ3v) is 6.44. The molecular weight excluding hydrogens is 573 g/mol. The van der Waals surface area contributed by atoms with Gasteiger partial charge < -0.3 is 35.5 Å². The first-order chi connectivity index (χ1) is 20.0. The van der Waals surface area contributed by atoms with E-state index in [0.29, 0.717) is 33.4 Å². The predicted molar refractivity (Wildman–Crippen MR) is 154 cm³/mol. The Morgan fingerprint density at radius 1 is 0.929 bits per heavy atom. The summed E-state index contributed by atoms with van der Waals surface area (Å²) in [4.78, 5) is 25.8. The smallest absolute Gasteiger partial charge is 0.416 e. The van der Waals surface area contributed by atoms with Gasteiger partial charge in [0.25, 0.3) is 11.8 Å². The van der Waals surface area contributed by atoms with Crippen molar-refractivity contribution in [2.75, 3.05) is 31.5 Å². The van der Waals surface area contributed by atoms with E-state index >= 15 is 0 Å². The van der Waals surface area contributed by atoms with Gasteiger partial charge in [-0.1, -0.05) is 24.3 Å². The van der Waals surface area contributed by atoms with Gasteiger partial charge in [0.1, 0.15) is 5.75 Å². The second-order valence-electron chi connectivity index (χ2n) is 9.05. The summed E-state index contributed by atoms with van der Waals surface area (Å²) in [6.45, 7) is 1.24. The van der Waals surface area contributed by atoms with E-state index in [1.807, 2.05) is 0 Å². The Morgan fingerprint density at radius 3 is 2.38 bits per heavy atom. The Kier molecular flexibility index (Phi) is 9.21. The SMILES string of the molecule is COc1ccccc1NC(=O)C1=C(C)NC(=S)N[C@@H]1c1ccc(OCC(=O)Nc2cccc(C(F)(F)F)c2)c(OC)c1. The van der Waals surface area contributed by atoms with Crippen LogP contribution in [0.15, 0.2) is 78.0 Å². The summed E-state index contributed by atoms with van der Waals surface area (Å²) in [6, 6.07) is 15.5. The molecule has 13 heteroatoms. The molecule has 0 saturated carbocycles. The molecule has 42 heavy (non-hydrogen) atoms. The number of para-hydroxylation sites is 2. The minimum Gasteiger partial charge on any atom is -0.495 e. The van der Waals surface area contributed by atoms with Crippen LogP contribution in [0.25, 0.3) is 0 Å². The maximum atomic E-state index is 13.5. The molecular formula is C29H27F3N4O5S. The molecule has 0 unspecified atom stereocenters. The highest BCUT2D eigenvalue weighted by Gasteiger charge is 2.32. The first-order valence-electron chi connectivity index (χ1n) is 12.5. The van der Waals surface area contributed by atoms with Gasteiger partial charge in [0.15, 0.2) is 23.2 Å². The maximum Gasteiger partial charge on any atom is 0.416 e. The number of benzene rings is 3. The first kappa shape index (κ1) is 30.2. The van der Waals surface area contributed by atoms with Gasteiger partial charge in [-0.05, 0) is 67.2 Å². The van der Waals surface area contributed by atoms with E-state index in [2.05, 4.69) is 21.3 Å². The fourth-order valence-electron chi connectivity index (χ4n) is 4.28. The molecule has 0 aromatic heterocycles. The zero-order chi connectivity index (χ0) is 30.4. The van der Waals surface area contributed by atoms with Crippen molar-refractivity contribution < 1.29 is 37.0 Å². The third kappa shape index (κ3) is 7.10. The lowest BCUT2D eigenvalue weighted by molar-refractivity contribution is -0.137. The zero-order valence-corrected chi connectivity index (χ0v) is 23.5. The number of anilines is 2. The molecule has 0 radical (unpaired) electrons. The average Bonchev–Trinajstić information content (AvgIpc) is 2.95. The summed E-state index contributed by atoms with van der Waals surface area (Å²) in [5.41, 5.74) is 1.11. The van der Waals surface area contributed by atoms with Crippen molar-refractivity contribution in [3.8, 4) is 17.2 Å². The number of nitrogens with one attached hydrogen (secondary N) is 4. The monoisotopic (exact) mass is 600 g/mol. The van der Waals surface area contributed by atoms with E-state index < -0.39 is 36.2 Å². The maximum absolute atomic E-state index is 13.5. The van der Waals surface area contributed by atoms with Gasteiger partial charge in [0.05, 0.1) is 37.1 Å². The van der Waals surface area contributed by atoms with Crippen molar-refractivity contribution >= 4 is 40.5 Å². The molecule has 9 nitrogen and oxygen atoms in total. The number of alkyl halides is 3. The number of carbonyl (C=O) groups is 2. The van der Waals surface area contributed by atoms with E-state index in [1.165, 1.54) is 26.4 Å². The Morgan fingerprint density at radius 2 is 1.67 bits per heavy atom. The molecule has 1 atom stereocenters. The molecule has 1 aliphatic rings. The van der Waals surface area contributed by atoms with Crippen LogP contribution in [0.3, 0.4) is 0 Å². The van der Waals surface area contributed by atoms with E-state index in [-0.39, 0.29) is 17.2 Å². The number of carbonyl (C=O) groups excluding carboxylic acids is 2. The molecule has 3 aromatic rings. The van der Waals surface area contributed by atoms with E-state index in [9.17, 15) is 22.8 Å². The third-order valence-electron chi connectivity index (χ3n) is 6.22. The van der Waals surface area contributed by atoms with E-state index in [4.69, 9.17) is 26.4 Å². The molecule has 1 heterocycles. The highest BCUT2D eigenvalue weighted by atomic mass is 32.1. The number of halogens is 3. The minimum absolute atomic E-state index is 0.0187. The number of allylic oxidation sites excluding steroid dienone is 1. The molecule has 0 fully saturated rings. The summed E-state index contributed by atoms with van der Waals surface area (Å²) in [6.07, 6.45) is -4.54. The summed E-state index contributed by atoms with van der Waals surface area (Å²) in [5, 5.41) is 11.7. The van der Waals surface area contributed by atoms with Crippen LogP contribution in [-0.4, -0.2) is 37.8 Å². The number of hydrogen-bond donors (Lipinski definition) is 4. The van der Waals surface area contributed by atoms with Gasteiger partial charge >= 0.3 is 6.18 Å². The van der Waals surface area contributed by atoms with Gasteiger partial charge in [-0.15, -0.1) is 0 Å². The minimum atomic E-state index is -4.54. The number of ether oxygens (including phenoxy) is 3. The van der Waals surface area contributed by atoms with Gasteiger partial charge in [-0.25, -0.2) is 0 Å². The largest absolute Gasteiger partial charge is 0.495 e. The van der Waals surface area contributed by atoms with E-state index in [1.54, 1.807) is 49.4 Å². The number of rotatable bonds is 9. The van der Waals surface area contributed by atoms with Gasteiger partial charge in [0.2, 0.25) is 0 Å². The topological polar surface area (TPSA) is 110 Å². The van der Waals surface area contributed by atoms with Gasteiger partial charge in [-0.2, -0.15) is 13.2 Å². The quantitative estimate of drug-likeness (QED) is 0.249. The highest BCUT2D eigenvalue weighted by molar-refractivity contribution is 7.80. The molecule has 0 bridgehead atoms. The fourth-order valence-corrected chi connectivity index (χ4v) is 4.55. The predicted octanol–water partition coefficient (Wildman–Crippen LogP) is 5.17. The second kappa shape index (κ2) is 12.8. The van der Waals surface area contributed by atoms with Crippen LogP contribution in [-0.2, 0) is 15.8 Å². The van der Waals surface area contributed by atoms with Crippen molar-refractivity contribution in [2.45, 2.75) is 19.1 Å². The molecule has 0 saturated heterocycles. The van der Waals surface area contributed by atoms with Gasteiger partial charge in [0, 0.05) is 11.4 Å². The Bertz CT molecular complexity index is 1540. The van der Waals surface area contributed by atoms with Crippen molar-refractivity contribution in [1.29, 1.82) is 0 Å². The summed E-state index contributed by atoms with van der Waals surface area (Å²) in [7, 11) is 2.91. The van der Waals surface area contributed by atoms with Crippen molar-refractivity contribution in [3.05, 3.63) is 89.1 Å². The number of methoxy groups -OCH3 is 2. The highest BCUT2D eigenvalue weighted by Crippen LogP contribution is 2.35. The van der Waals surface area contributed by atoms with Crippen molar-refractivity contribution in [3.63, 3.8) is 0 Å². The second-order valence-corrected chi connectivity index (χ2v) is 9.46. The molecule has 4 rings (SSSR count). The zero-order valence-electron chi connectivity index (χ0n) is 22.7. The standard InChI is InChI=1S/C29H27F3N4O5S/c1-16-25(27(38)35-20-9-4-5-10-21(20)39-2)26(36-28(42)33-16)17-11-12-22(23(13-17)40-3)41-15-24(37)34-19-8-6-7-18(14-19)29(30,31)32/h4-14,26H,15H2,1-3H3,(H,34,37)(H,35,38)(H2,33,36,42)/t26-/m1/s1. The normalized spacial score (nSPS) is 14.8. The van der Waals surface area contributed by atoms with Crippen LogP contribution in [0, 0.1) is 0 Å². The van der Waals surface area contributed by atoms with Crippen LogP contribution in [0.5, 0.6) is 17.2 Å². The summed E-state index contributed by atoms with van der Waals surface area (Å²) >= 11 is 5.34. The molecule has 4 N–H and O–H groups in total. The Hall–Kier alpha value is -4.78. The molecule has 2 amide bonds. The van der Waals surface area contributed by atoms with Gasteiger partial charge in [-0.3, -0.25) is 9.59 Å². The molecule has 220 valence electrons. The first-order valence-corrected chi connectivity index (χ1v) is 12.9. The van der Waals surface area contributed by atoms with Crippen molar-refractivity contribution in [2.24, 2.45) is 0 Å². The van der Waals surface area contributed by atoms with Crippen molar-refractivity contribution in [1.82, 2.24) is 10.6 Å². The summed E-state index contributed by atoms with van der Waals surface area (Å²) in [5.74, 6) is -0.103. The Balaban J connectivity index is 1.51. The molecule has 0 spiro atoms. The number of hydrogen-bond acceptors (Lipinski definition) is 6. The summed E-state index contributed by atoms with van der Waals surface area (Å²) < 4.78 is 55.3. The molecule has 0 aliphatic carbocycles. The lowest BCUT2D eigenvalue weighted by Gasteiger charge is -2.30. The fraction of sp³-hybridized carbons (Fsp3) is 0.207. The Labute approximate surface area is 245 Å².